The molecule has 1 aliphatic rings. The summed E-state index contributed by atoms with van der Waals surface area (Å²) in [5.74, 6) is -1.23. The third-order valence-corrected chi connectivity index (χ3v) is 2.82. The van der Waals surface area contributed by atoms with Crippen molar-refractivity contribution in [1.29, 1.82) is 5.26 Å². The van der Waals surface area contributed by atoms with Crippen LogP contribution in [0.1, 0.15) is 6.92 Å². The first kappa shape index (κ1) is 10.6. The van der Waals surface area contributed by atoms with Gasteiger partial charge in [0.05, 0.1) is 5.75 Å². The summed E-state index contributed by atoms with van der Waals surface area (Å²) in [6, 6.07) is 1.59. The SMILES string of the molecule is CCN1C(=O)CSC1=C(C#N)C(=O)O. The maximum Gasteiger partial charge on any atom is 0.349 e. The monoisotopic (exact) mass is 212 g/mol. The molecule has 0 radical (unpaired) electrons. The lowest BCUT2D eigenvalue weighted by molar-refractivity contribution is -0.132. The Kier molecular flexibility index (Phi) is 3.14. The number of amides is 1. The van der Waals surface area contributed by atoms with Crippen LogP contribution in [0, 0.1) is 11.3 Å². The summed E-state index contributed by atoms with van der Waals surface area (Å²) in [5, 5.41) is 17.6. The molecule has 14 heavy (non-hydrogen) atoms. The van der Waals surface area contributed by atoms with Crippen LogP contribution in [-0.2, 0) is 9.59 Å². The largest absolute Gasteiger partial charge is 0.477 e. The number of hydrogen-bond acceptors (Lipinski definition) is 4. The van der Waals surface area contributed by atoms with Gasteiger partial charge in [-0.1, -0.05) is 11.8 Å². The van der Waals surface area contributed by atoms with E-state index >= 15 is 0 Å². The molecule has 0 saturated carbocycles. The van der Waals surface area contributed by atoms with Crippen LogP contribution in [0.25, 0.3) is 0 Å². The van der Waals surface area contributed by atoms with E-state index in [1.54, 1.807) is 13.0 Å². The summed E-state index contributed by atoms with van der Waals surface area (Å²) in [4.78, 5) is 23.2. The van der Waals surface area contributed by atoms with Gasteiger partial charge in [0.15, 0.2) is 5.57 Å². The van der Waals surface area contributed by atoms with Gasteiger partial charge in [-0.2, -0.15) is 5.26 Å². The molecule has 0 aromatic heterocycles. The van der Waals surface area contributed by atoms with Crippen LogP contribution >= 0.6 is 11.8 Å². The van der Waals surface area contributed by atoms with Crippen molar-refractivity contribution in [2.45, 2.75) is 6.92 Å². The van der Waals surface area contributed by atoms with Crippen molar-refractivity contribution in [3.05, 3.63) is 10.6 Å². The van der Waals surface area contributed by atoms with Crippen LogP contribution in [0.2, 0.25) is 0 Å². The van der Waals surface area contributed by atoms with Crippen LogP contribution in [-0.4, -0.2) is 34.2 Å². The van der Waals surface area contributed by atoms with Crippen LogP contribution in [0.4, 0.5) is 0 Å². The molecular formula is C8H8N2O3S. The molecule has 1 amide bonds. The van der Waals surface area contributed by atoms with Gasteiger partial charge in [0.25, 0.3) is 0 Å². The molecule has 74 valence electrons. The maximum atomic E-state index is 11.2. The number of nitriles is 1. The second-order valence-electron chi connectivity index (χ2n) is 2.52. The normalized spacial score (nSPS) is 19.4. The molecule has 0 aromatic rings. The lowest BCUT2D eigenvalue weighted by Crippen LogP contribution is -2.25. The number of thioether (sulfide) groups is 1. The van der Waals surface area contributed by atoms with E-state index in [0.717, 1.165) is 11.8 Å². The van der Waals surface area contributed by atoms with Crippen molar-refractivity contribution in [3.8, 4) is 6.07 Å². The number of carbonyl (C=O) groups excluding carboxylic acids is 1. The molecule has 0 aliphatic carbocycles. The van der Waals surface area contributed by atoms with Crippen molar-refractivity contribution in [2.75, 3.05) is 12.3 Å². The van der Waals surface area contributed by atoms with Crippen LogP contribution < -0.4 is 0 Å². The predicted molar refractivity (Wildman–Crippen MR) is 50.1 cm³/mol. The molecule has 1 saturated heterocycles. The lowest BCUT2D eigenvalue weighted by Gasteiger charge is -2.13. The molecule has 0 atom stereocenters. The highest BCUT2D eigenvalue weighted by atomic mass is 32.2. The first-order valence-electron chi connectivity index (χ1n) is 3.92. The van der Waals surface area contributed by atoms with Gasteiger partial charge in [-0.3, -0.25) is 4.79 Å². The van der Waals surface area contributed by atoms with E-state index in [-0.39, 0.29) is 22.3 Å². The number of nitrogens with zero attached hydrogens (tertiary/aromatic N) is 2. The molecule has 0 bridgehead atoms. The molecule has 6 heteroatoms. The highest BCUT2D eigenvalue weighted by molar-refractivity contribution is 8.04. The van der Waals surface area contributed by atoms with Gasteiger partial charge in [0.1, 0.15) is 11.1 Å². The Bertz CT molecular complexity index is 356. The average molecular weight is 212 g/mol. The van der Waals surface area contributed by atoms with Gasteiger partial charge < -0.3 is 10.0 Å². The number of carboxylic acids is 1. The Balaban J connectivity index is 3.14. The quantitative estimate of drug-likeness (QED) is 0.529. The fourth-order valence-corrected chi connectivity index (χ4v) is 2.19. The Morgan fingerprint density at radius 1 is 1.79 bits per heavy atom. The second kappa shape index (κ2) is 4.15. The summed E-state index contributed by atoms with van der Waals surface area (Å²) in [6.07, 6.45) is 0. The van der Waals surface area contributed by atoms with Crippen molar-refractivity contribution in [2.24, 2.45) is 0 Å². The summed E-state index contributed by atoms with van der Waals surface area (Å²) < 4.78 is 0. The minimum atomic E-state index is -1.29. The number of carbonyl (C=O) groups is 2. The molecule has 1 N–H and O–H groups in total. The number of rotatable bonds is 2. The lowest BCUT2D eigenvalue weighted by atomic mass is 10.3. The summed E-state index contributed by atoms with van der Waals surface area (Å²) in [5.41, 5.74) is -0.359. The smallest absolute Gasteiger partial charge is 0.349 e. The van der Waals surface area contributed by atoms with E-state index in [4.69, 9.17) is 10.4 Å². The fraction of sp³-hybridized carbons (Fsp3) is 0.375. The third-order valence-electron chi connectivity index (χ3n) is 1.73. The van der Waals surface area contributed by atoms with E-state index < -0.39 is 5.97 Å². The molecule has 0 spiro atoms. The second-order valence-corrected chi connectivity index (χ2v) is 3.49. The molecule has 1 aliphatic heterocycles. The highest BCUT2D eigenvalue weighted by Gasteiger charge is 2.30. The Hall–Kier alpha value is -1.48. The van der Waals surface area contributed by atoms with Crippen molar-refractivity contribution < 1.29 is 14.7 Å². The summed E-state index contributed by atoms with van der Waals surface area (Å²) in [7, 11) is 0. The van der Waals surface area contributed by atoms with Crippen LogP contribution in [0.3, 0.4) is 0 Å². The third kappa shape index (κ3) is 1.72. The molecule has 0 aromatic carbocycles. The zero-order valence-corrected chi connectivity index (χ0v) is 8.30. The molecule has 1 fully saturated rings. The standard InChI is InChI=1S/C8H8N2O3S/c1-2-10-6(11)4-14-7(10)5(3-9)8(12)13/h2,4H2,1H3,(H,12,13). The van der Waals surface area contributed by atoms with Gasteiger partial charge in [-0.15, -0.1) is 0 Å². The Morgan fingerprint density at radius 2 is 2.43 bits per heavy atom. The number of aliphatic carboxylic acids is 1. The van der Waals surface area contributed by atoms with Gasteiger partial charge >= 0.3 is 5.97 Å². The summed E-state index contributed by atoms with van der Waals surface area (Å²) in [6.45, 7) is 2.13. The molecule has 0 unspecified atom stereocenters. The van der Waals surface area contributed by atoms with Gasteiger partial charge in [-0.05, 0) is 6.92 Å². The van der Waals surface area contributed by atoms with Gasteiger partial charge in [-0.25, -0.2) is 4.79 Å². The maximum absolute atomic E-state index is 11.2. The van der Waals surface area contributed by atoms with E-state index in [0.29, 0.717) is 6.54 Å². The van der Waals surface area contributed by atoms with Crippen LogP contribution in [0.15, 0.2) is 10.6 Å². The first-order valence-corrected chi connectivity index (χ1v) is 4.91. The van der Waals surface area contributed by atoms with Gasteiger partial charge in [0, 0.05) is 6.54 Å². The van der Waals surface area contributed by atoms with Crippen molar-refractivity contribution in [3.63, 3.8) is 0 Å². The number of hydrogen-bond donors (Lipinski definition) is 1. The Morgan fingerprint density at radius 3 is 2.86 bits per heavy atom. The topological polar surface area (TPSA) is 81.4 Å². The van der Waals surface area contributed by atoms with E-state index in [1.165, 1.54) is 4.90 Å². The molecule has 5 nitrogen and oxygen atoms in total. The predicted octanol–water partition coefficient (Wildman–Crippen LogP) is 0.401. The van der Waals surface area contributed by atoms with E-state index in [9.17, 15) is 9.59 Å². The Labute approximate surface area is 85.0 Å². The molecule has 1 heterocycles. The van der Waals surface area contributed by atoms with E-state index in [1.807, 2.05) is 0 Å². The number of carboxylic acid groups (broad SMARTS) is 1. The summed E-state index contributed by atoms with van der Waals surface area (Å²) >= 11 is 1.10. The average Bonchev–Trinajstić information content (AvgIpc) is 2.48. The van der Waals surface area contributed by atoms with Crippen molar-refractivity contribution in [1.82, 2.24) is 4.90 Å². The van der Waals surface area contributed by atoms with Gasteiger partial charge in [0.2, 0.25) is 5.91 Å². The first-order chi connectivity index (χ1) is 6.61. The zero-order valence-electron chi connectivity index (χ0n) is 7.48. The van der Waals surface area contributed by atoms with E-state index in [2.05, 4.69) is 0 Å². The minimum Gasteiger partial charge on any atom is -0.477 e. The van der Waals surface area contributed by atoms with Crippen molar-refractivity contribution >= 4 is 23.6 Å². The van der Waals surface area contributed by atoms with Crippen LogP contribution in [0.5, 0.6) is 0 Å². The zero-order chi connectivity index (χ0) is 10.7. The molecule has 1 rings (SSSR count). The molecular weight excluding hydrogens is 204 g/mol. The minimum absolute atomic E-state index is 0.151. The fourth-order valence-electron chi connectivity index (χ4n) is 1.11. The highest BCUT2D eigenvalue weighted by Crippen LogP contribution is 2.31.